The smallest absolute Gasteiger partial charge is 0.209 e. The van der Waals surface area contributed by atoms with Crippen LogP contribution in [0.1, 0.15) is 16.1 Å². The van der Waals surface area contributed by atoms with E-state index in [2.05, 4.69) is 0 Å². The van der Waals surface area contributed by atoms with Gasteiger partial charge in [0.1, 0.15) is 5.58 Å². The average molecular weight is 190 g/mol. The molecular formula is C11H10O3. The zero-order valence-corrected chi connectivity index (χ0v) is 8.03. The molecule has 0 saturated heterocycles. The number of hydrogen-bond acceptors (Lipinski definition) is 3. The van der Waals surface area contributed by atoms with Gasteiger partial charge < -0.3 is 9.15 Å². The van der Waals surface area contributed by atoms with E-state index >= 15 is 0 Å². The Morgan fingerprint density at radius 1 is 1.43 bits per heavy atom. The van der Waals surface area contributed by atoms with Crippen LogP contribution >= 0.6 is 0 Å². The Morgan fingerprint density at radius 2 is 2.21 bits per heavy atom. The van der Waals surface area contributed by atoms with E-state index in [1.54, 1.807) is 0 Å². The maximum absolute atomic E-state index is 10.7. The zero-order chi connectivity index (χ0) is 10.1. The van der Waals surface area contributed by atoms with Gasteiger partial charge in [-0.1, -0.05) is 12.1 Å². The van der Waals surface area contributed by atoms with Gasteiger partial charge in [0.25, 0.3) is 0 Å². The van der Waals surface area contributed by atoms with E-state index in [1.807, 2.05) is 25.1 Å². The van der Waals surface area contributed by atoms with Crippen LogP contribution in [0, 0.1) is 6.92 Å². The SMILES string of the molecule is COc1c(C=O)oc2cccc(C)c12. The predicted molar refractivity (Wildman–Crippen MR) is 52.9 cm³/mol. The largest absolute Gasteiger partial charge is 0.492 e. The van der Waals surface area contributed by atoms with Crippen molar-refractivity contribution in [2.24, 2.45) is 0 Å². The monoisotopic (exact) mass is 190 g/mol. The minimum absolute atomic E-state index is 0.247. The fourth-order valence-electron chi connectivity index (χ4n) is 1.59. The van der Waals surface area contributed by atoms with Crippen LogP contribution in [0.4, 0.5) is 0 Å². The van der Waals surface area contributed by atoms with Crippen molar-refractivity contribution < 1.29 is 13.9 Å². The van der Waals surface area contributed by atoms with Gasteiger partial charge in [-0.25, -0.2) is 0 Å². The molecule has 0 unspecified atom stereocenters. The molecule has 0 atom stereocenters. The molecule has 1 heterocycles. The first-order valence-electron chi connectivity index (χ1n) is 4.29. The van der Waals surface area contributed by atoms with Crippen LogP contribution in [0.25, 0.3) is 11.0 Å². The molecule has 1 aromatic carbocycles. The normalized spacial score (nSPS) is 10.4. The van der Waals surface area contributed by atoms with Crippen molar-refractivity contribution in [2.45, 2.75) is 6.92 Å². The molecule has 1 aromatic heterocycles. The second-order valence-corrected chi connectivity index (χ2v) is 3.07. The lowest BCUT2D eigenvalue weighted by molar-refractivity contribution is 0.109. The fourth-order valence-corrected chi connectivity index (χ4v) is 1.59. The second-order valence-electron chi connectivity index (χ2n) is 3.07. The lowest BCUT2D eigenvalue weighted by atomic mass is 10.1. The van der Waals surface area contributed by atoms with Gasteiger partial charge in [-0.15, -0.1) is 0 Å². The van der Waals surface area contributed by atoms with E-state index in [0.29, 0.717) is 17.6 Å². The molecule has 0 spiro atoms. The van der Waals surface area contributed by atoms with Gasteiger partial charge in [-0.2, -0.15) is 0 Å². The summed E-state index contributed by atoms with van der Waals surface area (Å²) < 4.78 is 10.5. The van der Waals surface area contributed by atoms with Crippen molar-refractivity contribution in [3.05, 3.63) is 29.5 Å². The standard InChI is InChI=1S/C11H10O3/c1-7-4-3-5-8-10(7)11(13-2)9(6-12)14-8/h3-6H,1-2H3. The van der Waals surface area contributed by atoms with Crippen LogP contribution in [0.2, 0.25) is 0 Å². The number of carbonyl (C=O) groups is 1. The van der Waals surface area contributed by atoms with Gasteiger partial charge in [-0.05, 0) is 18.6 Å². The molecule has 3 nitrogen and oxygen atoms in total. The van der Waals surface area contributed by atoms with Crippen LogP contribution in [-0.4, -0.2) is 13.4 Å². The van der Waals surface area contributed by atoms with Gasteiger partial charge in [0.15, 0.2) is 12.0 Å². The lowest BCUT2D eigenvalue weighted by Gasteiger charge is -1.98. The molecule has 0 aliphatic rings. The summed E-state index contributed by atoms with van der Waals surface area (Å²) in [4.78, 5) is 10.7. The number of aldehydes is 1. The van der Waals surface area contributed by atoms with Crippen LogP contribution in [0.3, 0.4) is 0 Å². The number of benzene rings is 1. The third kappa shape index (κ3) is 1.09. The van der Waals surface area contributed by atoms with E-state index in [9.17, 15) is 4.79 Å². The minimum atomic E-state index is 0.247. The molecule has 0 N–H and O–H groups in total. The number of ether oxygens (including phenoxy) is 1. The molecule has 2 aromatic rings. The Labute approximate surface area is 81.3 Å². The number of hydrogen-bond donors (Lipinski definition) is 0. The number of methoxy groups -OCH3 is 1. The van der Waals surface area contributed by atoms with Gasteiger partial charge >= 0.3 is 0 Å². The molecule has 3 heteroatoms. The number of aryl methyl sites for hydroxylation is 1. The van der Waals surface area contributed by atoms with Crippen molar-refractivity contribution in [2.75, 3.05) is 7.11 Å². The molecule has 0 amide bonds. The van der Waals surface area contributed by atoms with Crippen molar-refractivity contribution in [3.63, 3.8) is 0 Å². The Bertz CT molecular complexity index is 482. The Morgan fingerprint density at radius 3 is 2.86 bits per heavy atom. The summed E-state index contributed by atoms with van der Waals surface area (Å²) in [5, 5.41) is 0.872. The van der Waals surface area contributed by atoms with Gasteiger partial charge in [0.05, 0.1) is 12.5 Å². The average Bonchev–Trinajstić information content (AvgIpc) is 2.56. The summed E-state index contributed by atoms with van der Waals surface area (Å²) in [7, 11) is 1.53. The lowest BCUT2D eigenvalue weighted by Crippen LogP contribution is -1.86. The van der Waals surface area contributed by atoms with Crippen LogP contribution < -0.4 is 4.74 Å². The van der Waals surface area contributed by atoms with Gasteiger partial charge in [0, 0.05) is 0 Å². The third-order valence-electron chi connectivity index (χ3n) is 2.22. The summed E-state index contributed by atoms with van der Waals surface area (Å²) in [6, 6.07) is 5.65. The summed E-state index contributed by atoms with van der Waals surface area (Å²) >= 11 is 0. The number of rotatable bonds is 2. The van der Waals surface area contributed by atoms with E-state index in [4.69, 9.17) is 9.15 Å². The van der Waals surface area contributed by atoms with Crippen molar-refractivity contribution in [1.82, 2.24) is 0 Å². The van der Waals surface area contributed by atoms with E-state index in [0.717, 1.165) is 10.9 Å². The van der Waals surface area contributed by atoms with Crippen molar-refractivity contribution in [3.8, 4) is 5.75 Å². The molecule has 2 rings (SSSR count). The van der Waals surface area contributed by atoms with Gasteiger partial charge in [0.2, 0.25) is 5.76 Å². The highest BCUT2D eigenvalue weighted by Crippen LogP contribution is 2.33. The maximum Gasteiger partial charge on any atom is 0.209 e. The minimum Gasteiger partial charge on any atom is -0.492 e. The Balaban J connectivity index is 2.88. The Kier molecular flexibility index (Phi) is 2.00. The first-order valence-corrected chi connectivity index (χ1v) is 4.29. The number of furan rings is 1. The topological polar surface area (TPSA) is 39.4 Å². The van der Waals surface area contributed by atoms with Gasteiger partial charge in [-0.3, -0.25) is 4.79 Å². The third-order valence-corrected chi connectivity index (χ3v) is 2.22. The molecule has 0 radical (unpaired) electrons. The van der Waals surface area contributed by atoms with Crippen LogP contribution in [-0.2, 0) is 0 Å². The molecule has 0 bridgehead atoms. The van der Waals surface area contributed by atoms with E-state index in [-0.39, 0.29) is 5.76 Å². The molecule has 0 saturated carbocycles. The van der Waals surface area contributed by atoms with E-state index in [1.165, 1.54) is 7.11 Å². The first kappa shape index (κ1) is 8.81. The van der Waals surface area contributed by atoms with Crippen LogP contribution in [0.15, 0.2) is 22.6 Å². The zero-order valence-electron chi connectivity index (χ0n) is 8.03. The van der Waals surface area contributed by atoms with Crippen molar-refractivity contribution >= 4 is 17.3 Å². The molecule has 0 aliphatic heterocycles. The quantitative estimate of drug-likeness (QED) is 0.683. The Hall–Kier alpha value is -1.77. The molecule has 0 fully saturated rings. The van der Waals surface area contributed by atoms with Crippen molar-refractivity contribution in [1.29, 1.82) is 0 Å². The highest BCUT2D eigenvalue weighted by Gasteiger charge is 2.15. The fraction of sp³-hybridized carbons (Fsp3) is 0.182. The summed E-state index contributed by atoms with van der Waals surface area (Å²) in [5.41, 5.74) is 1.72. The molecule has 72 valence electrons. The molecule has 14 heavy (non-hydrogen) atoms. The first-order chi connectivity index (χ1) is 6.77. The van der Waals surface area contributed by atoms with E-state index < -0.39 is 0 Å². The summed E-state index contributed by atoms with van der Waals surface area (Å²) in [6.07, 6.45) is 0.665. The molecular weight excluding hydrogens is 180 g/mol. The van der Waals surface area contributed by atoms with Crippen LogP contribution in [0.5, 0.6) is 5.75 Å². The highest BCUT2D eigenvalue weighted by atomic mass is 16.5. The molecule has 0 aliphatic carbocycles. The maximum atomic E-state index is 10.7. The predicted octanol–water partition coefficient (Wildman–Crippen LogP) is 2.56. The number of carbonyl (C=O) groups excluding carboxylic acids is 1. The summed E-state index contributed by atoms with van der Waals surface area (Å²) in [6.45, 7) is 1.95. The summed E-state index contributed by atoms with van der Waals surface area (Å²) in [5.74, 6) is 0.768. The highest BCUT2D eigenvalue weighted by molar-refractivity contribution is 5.94. The second kappa shape index (κ2) is 3.18. The number of fused-ring (bicyclic) bond motifs is 1.